The number of halogens is 1. The van der Waals surface area contributed by atoms with Crippen molar-refractivity contribution in [3.8, 4) is 11.5 Å². The number of nitrogens with zero attached hydrogens (tertiary/aromatic N) is 3. The molecule has 1 unspecified atom stereocenters. The molecule has 3 aromatic rings. The number of ketones is 1. The maximum absolute atomic E-state index is 14.1. The molecule has 1 atom stereocenters. The van der Waals surface area contributed by atoms with Gasteiger partial charge in [0.15, 0.2) is 17.3 Å². The van der Waals surface area contributed by atoms with Crippen LogP contribution in [0.2, 0.25) is 5.02 Å². The Balaban J connectivity index is 1.16. The van der Waals surface area contributed by atoms with Crippen molar-refractivity contribution in [2.45, 2.75) is 39.3 Å². The van der Waals surface area contributed by atoms with E-state index >= 15 is 0 Å². The first kappa shape index (κ1) is 28.7. The fraction of sp³-hybridized carbons (Fsp3) is 0.371. The summed E-state index contributed by atoms with van der Waals surface area (Å²) in [4.78, 5) is 34.4. The number of piperazine rings is 1. The summed E-state index contributed by atoms with van der Waals surface area (Å²) in [5.74, 6) is 1.70. The molecule has 7 rings (SSSR count). The van der Waals surface area contributed by atoms with Crippen LogP contribution < -0.4 is 19.7 Å². The van der Waals surface area contributed by atoms with E-state index in [1.807, 2.05) is 65.6 Å². The van der Waals surface area contributed by atoms with Crippen LogP contribution in [0.1, 0.15) is 43.9 Å². The Labute approximate surface area is 263 Å². The first-order valence-electron chi connectivity index (χ1n) is 15.3. The fourth-order valence-electron chi connectivity index (χ4n) is 6.95. The topological polar surface area (TPSA) is 74.4 Å². The Kier molecular flexibility index (Phi) is 7.50. The van der Waals surface area contributed by atoms with E-state index in [4.69, 9.17) is 21.1 Å². The van der Waals surface area contributed by atoms with Crippen molar-refractivity contribution in [3.05, 3.63) is 94.1 Å². The second kappa shape index (κ2) is 11.5. The van der Waals surface area contributed by atoms with Crippen LogP contribution in [0.5, 0.6) is 11.5 Å². The van der Waals surface area contributed by atoms with Crippen LogP contribution in [0.25, 0.3) is 0 Å². The van der Waals surface area contributed by atoms with Crippen LogP contribution in [0.3, 0.4) is 0 Å². The maximum atomic E-state index is 14.1. The molecule has 1 amide bonds. The Morgan fingerprint density at radius 1 is 0.955 bits per heavy atom. The number of hydrogen-bond donors (Lipinski definition) is 1. The van der Waals surface area contributed by atoms with Gasteiger partial charge in [0.25, 0.3) is 0 Å². The van der Waals surface area contributed by atoms with E-state index in [1.54, 1.807) is 0 Å². The average Bonchev–Trinajstić information content (AvgIpc) is 3.42. The van der Waals surface area contributed by atoms with E-state index in [0.29, 0.717) is 30.1 Å². The zero-order valence-electron chi connectivity index (χ0n) is 25.1. The minimum absolute atomic E-state index is 0.0345. The SMILES string of the molecule is CC1(C)CC(=O)C2=C(C1)Nc1ccccc1N(CC(=O)N1CCN(Cc3ccc4c(c3)OCO4)CC1)C2c1ccccc1Cl. The Morgan fingerprint density at radius 3 is 2.52 bits per heavy atom. The molecule has 1 fully saturated rings. The number of Topliss-reactive ketones (excluding diaryl/α,β-unsaturated/α-hetero) is 1. The summed E-state index contributed by atoms with van der Waals surface area (Å²) in [5.41, 5.74) is 5.21. The number of benzene rings is 3. The highest BCUT2D eigenvalue weighted by atomic mass is 35.5. The maximum Gasteiger partial charge on any atom is 0.242 e. The molecule has 8 nitrogen and oxygen atoms in total. The molecule has 3 aliphatic heterocycles. The summed E-state index contributed by atoms with van der Waals surface area (Å²) in [6.45, 7) is 8.25. The lowest BCUT2D eigenvalue weighted by molar-refractivity contribution is -0.131. The van der Waals surface area contributed by atoms with Gasteiger partial charge in [0.1, 0.15) is 0 Å². The number of ether oxygens (including phenoxy) is 2. The molecule has 0 aromatic heterocycles. The van der Waals surface area contributed by atoms with Gasteiger partial charge in [-0.05, 0) is 53.3 Å². The van der Waals surface area contributed by atoms with Gasteiger partial charge in [-0.15, -0.1) is 0 Å². The number of hydrogen-bond acceptors (Lipinski definition) is 7. The summed E-state index contributed by atoms with van der Waals surface area (Å²) < 4.78 is 11.0. The van der Waals surface area contributed by atoms with Gasteiger partial charge in [0, 0.05) is 55.4 Å². The van der Waals surface area contributed by atoms with Crippen LogP contribution in [-0.2, 0) is 16.1 Å². The molecular formula is C35H37ClN4O4. The van der Waals surface area contributed by atoms with Gasteiger partial charge in [-0.2, -0.15) is 0 Å². The highest BCUT2D eigenvalue weighted by Gasteiger charge is 2.42. The average molecular weight is 613 g/mol. The predicted octanol–water partition coefficient (Wildman–Crippen LogP) is 6.03. The molecule has 9 heteroatoms. The molecule has 4 aliphatic rings. The van der Waals surface area contributed by atoms with Crippen molar-refractivity contribution in [2.24, 2.45) is 5.41 Å². The molecule has 1 aliphatic carbocycles. The van der Waals surface area contributed by atoms with Crippen LogP contribution in [0, 0.1) is 5.41 Å². The third-order valence-electron chi connectivity index (χ3n) is 9.08. The van der Waals surface area contributed by atoms with Crippen molar-refractivity contribution < 1.29 is 19.1 Å². The lowest BCUT2D eigenvalue weighted by Gasteiger charge is -2.40. The molecule has 0 radical (unpaired) electrons. The number of allylic oxidation sites excluding steroid dienone is 1. The molecular weight excluding hydrogens is 576 g/mol. The lowest BCUT2D eigenvalue weighted by atomic mass is 9.73. The number of carbonyl (C=O) groups is 2. The number of anilines is 2. The summed E-state index contributed by atoms with van der Waals surface area (Å²) in [7, 11) is 0. The van der Waals surface area contributed by atoms with E-state index in [-0.39, 0.29) is 30.4 Å². The summed E-state index contributed by atoms with van der Waals surface area (Å²) >= 11 is 6.84. The molecule has 0 spiro atoms. The Bertz CT molecular complexity index is 1650. The minimum Gasteiger partial charge on any atom is -0.454 e. The number of rotatable bonds is 5. The lowest BCUT2D eigenvalue weighted by Crippen LogP contribution is -2.51. The van der Waals surface area contributed by atoms with Gasteiger partial charge in [-0.1, -0.05) is 61.8 Å². The minimum atomic E-state index is -0.491. The highest BCUT2D eigenvalue weighted by molar-refractivity contribution is 6.31. The monoisotopic (exact) mass is 612 g/mol. The van der Waals surface area contributed by atoms with Crippen LogP contribution in [0.15, 0.2) is 78.0 Å². The Hall–Kier alpha value is -4.01. The van der Waals surface area contributed by atoms with Crippen molar-refractivity contribution in [2.75, 3.05) is 49.7 Å². The quantitative estimate of drug-likeness (QED) is 0.377. The van der Waals surface area contributed by atoms with Gasteiger partial charge >= 0.3 is 0 Å². The fourth-order valence-corrected chi connectivity index (χ4v) is 7.19. The van der Waals surface area contributed by atoms with Crippen molar-refractivity contribution in [1.82, 2.24) is 9.80 Å². The molecule has 1 saturated heterocycles. The van der Waals surface area contributed by atoms with E-state index < -0.39 is 6.04 Å². The number of fused-ring (bicyclic) bond motifs is 2. The standard InChI is InChI=1S/C35H37ClN4O4/c1-35(2)18-27-33(29(41)19-35)34(24-7-3-4-8-25(24)36)40(28-10-6-5-9-26(28)37-27)21-32(42)39-15-13-38(14-16-39)20-23-11-12-30-31(17-23)44-22-43-30/h3-12,17,34,37H,13-16,18-22H2,1-2H3. The second-order valence-corrected chi connectivity index (χ2v) is 13.3. The largest absolute Gasteiger partial charge is 0.454 e. The normalized spacial score (nSPS) is 21.0. The summed E-state index contributed by atoms with van der Waals surface area (Å²) in [6, 6.07) is 21.3. The molecule has 44 heavy (non-hydrogen) atoms. The second-order valence-electron chi connectivity index (χ2n) is 12.9. The Morgan fingerprint density at radius 2 is 1.70 bits per heavy atom. The van der Waals surface area contributed by atoms with Gasteiger partial charge in [0.05, 0.1) is 24.0 Å². The first-order valence-corrected chi connectivity index (χ1v) is 15.7. The number of amides is 1. The third-order valence-corrected chi connectivity index (χ3v) is 9.42. The van der Waals surface area contributed by atoms with Gasteiger partial charge in [-0.3, -0.25) is 14.5 Å². The predicted molar refractivity (Wildman–Crippen MR) is 171 cm³/mol. The highest BCUT2D eigenvalue weighted by Crippen LogP contribution is 2.49. The number of para-hydroxylation sites is 2. The van der Waals surface area contributed by atoms with Crippen LogP contribution in [-0.4, -0.2) is 61.0 Å². The zero-order chi connectivity index (χ0) is 30.4. The van der Waals surface area contributed by atoms with Crippen molar-refractivity contribution in [3.63, 3.8) is 0 Å². The van der Waals surface area contributed by atoms with Crippen LogP contribution >= 0.6 is 11.6 Å². The number of carbonyl (C=O) groups excluding carboxylic acids is 2. The molecule has 0 saturated carbocycles. The van der Waals surface area contributed by atoms with E-state index in [9.17, 15) is 9.59 Å². The molecule has 1 N–H and O–H groups in total. The van der Waals surface area contributed by atoms with E-state index in [0.717, 1.165) is 65.8 Å². The van der Waals surface area contributed by atoms with Gasteiger partial charge in [0.2, 0.25) is 12.7 Å². The van der Waals surface area contributed by atoms with Gasteiger partial charge in [-0.25, -0.2) is 0 Å². The molecule has 228 valence electrons. The van der Waals surface area contributed by atoms with E-state index in [1.165, 1.54) is 0 Å². The summed E-state index contributed by atoms with van der Waals surface area (Å²) in [5, 5.41) is 4.20. The third kappa shape index (κ3) is 5.53. The summed E-state index contributed by atoms with van der Waals surface area (Å²) in [6.07, 6.45) is 1.18. The first-order chi connectivity index (χ1) is 21.3. The van der Waals surface area contributed by atoms with Crippen LogP contribution in [0.4, 0.5) is 11.4 Å². The molecule has 3 heterocycles. The van der Waals surface area contributed by atoms with Gasteiger partial charge < -0.3 is 24.6 Å². The smallest absolute Gasteiger partial charge is 0.242 e. The molecule has 3 aromatic carbocycles. The number of nitrogens with one attached hydrogen (secondary N) is 1. The zero-order valence-corrected chi connectivity index (χ0v) is 25.9. The van der Waals surface area contributed by atoms with Crippen molar-refractivity contribution >= 4 is 34.7 Å². The molecule has 0 bridgehead atoms. The van der Waals surface area contributed by atoms with E-state index in [2.05, 4.69) is 35.0 Å². The van der Waals surface area contributed by atoms with Crippen molar-refractivity contribution in [1.29, 1.82) is 0 Å².